The number of halogens is 1. The summed E-state index contributed by atoms with van der Waals surface area (Å²) in [5.41, 5.74) is 1.05. The lowest BCUT2D eigenvalue weighted by Gasteiger charge is -2.38. The van der Waals surface area contributed by atoms with Gasteiger partial charge in [-0.25, -0.2) is 4.39 Å². The van der Waals surface area contributed by atoms with E-state index >= 15 is 0 Å². The third-order valence-corrected chi connectivity index (χ3v) is 6.70. The van der Waals surface area contributed by atoms with Crippen molar-refractivity contribution in [3.05, 3.63) is 52.0 Å². The molecule has 1 aromatic heterocycles. The van der Waals surface area contributed by atoms with Crippen LogP contribution in [-0.4, -0.2) is 47.4 Å². The van der Waals surface area contributed by atoms with Gasteiger partial charge in [0.25, 0.3) is 0 Å². The first-order valence-electron chi connectivity index (χ1n) is 10.5. The van der Waals surface area contributed by atoms with Crippen molar-refractivity contribution in [2.75, 3.05) is 19.7 Å². The molecule has 0 saturated heterocycles. The first kappa shape index (κ1) is 22.3. The summed E-state index contributed by atoms with van der Waals surface area (Å²) in [6, 6.07) is 7.98. The molecule has 2 heterocycles. The van der Waals surface area contributed by atoms with Gasteiger partial charge in [-0.15, -0.1) is 11.3 Å². The van der Waals surface area contributed by atoms with Crippen LogP contribution in [0, 0.1) is 5.82 Å². The number of carbonyl (C=O) groups excluding carboxylic acids is 2. The number of fused-ring (bicyclic) bond motifs is 1. The zero-order valence-corrected chi connectivity index (χ0v) is 18.6. The second-order valence-electron chi connectivity index (χ2n) is 7.53. The van der Waals surface area contributed by atoms with Gasteiger partial charge in [0.05, 0.1) is 6.04 Å². The summed E-state index contributed by atoms with van der Waals surface area (Å²) in [7, 11) is 0. The fourth-order valence-electron chi connectivity index (χ4n) is 3.75. The molecule has 0 aliphatic carbocycles. The minimum Gasteiger partial charge on any atom is -0.488 e. The largest absolute Gasteiger partial charge is 0.488 e. The fourth-order valence-corrected chi connectivity index (χ4v) is 4.68. The highest BCUT2D eigenvalue weighted by Crippen LogP contribution is 2.34. The molecule has 0 radical (unpaired) electrons. The van der Waals surface area contributed by atoms with E-state index in [1.807, 2.05) is 32.2 Å². The number of ether oxygens (including phenoxy) is 1. The molecule has 0 fully saturated rings. The lowest BCUT2D eigenvalue weighted by molar-refractivity contribution is -0.144. The van der Waals surface area contributed by atoms with E-state index in [-0.39, 0.29) is 42.8 Å². The number of benzene rings is 1. The normalized spacial score (nSPS) is 16.7. The number of nitrogens with zero attached hydrogens (tertiary/aromatic N) is 2. The van der Waals surface area contributed by atoms with Crippen LogP contribution < -0.4 is 4.74 Å². The molecule has 30 heavy (non-hydrogen) atoms. The Hall–Kier alpha value is -2.41. The zero-order chi connectivity index (χ0) is 21.7. The third-order valence-electron chi connectivity index (χ3n) is 5.70. The summed E-state index contributed by atoms with van der Waals surface area (Å²) >= 11 is 1.67. The topological polar surface area (TPSA) is 49.9 Å². The Kier molecular flexibility index (Phi) is 7.48. The maximum Gasteiger partial charge on any atom is 0.242 e. The Morgan fingerprint density at radius 3 is 2.77 bits per heavy atom. The number of para-hydroxylation sites is 1. The van der Waals surface area contributed by atoms with Crippen LogP contribution >= 0.6 is 11.3 Å². The Balaban J connectivity index is 1.80. The van der Waals surface area contributed by atoms with Gasteiger partial charge in [0.15, 0.2) is 11.6 Å². The molecule has 1 aromatic carbocycles. The predicted molar refractivity (Wildman–Crippen MR) is 116 cm³/mol. The molecule has 3 rings (SSSR count). The second-order valence-corrected chi connectivity index (χ2v) is 8.53. The fraction of sp³-hybridized carbons (Fsp3) is 0.478. The number of hydrogen-bond acceptors (Lipinski definition) is 4. The lowest BCUT2D eigenvalue weighted by atomic mass is 10.00. The van der Waals surface area contributed by atoms with E-state index in [9.17, 15) is 14.0 Å². The number of amides is 2. The summed E-state index contributed by atoms with van der Waals surface area (Å²) in [6.45, 7) is 6.57. The summed E-state index contributed by atoms with van der Waals surface area (Å²) < 4.78 is 19.8. The van der Waals surface area contributed by atoms with Crippen molar-refractivity contribution in [2.24, 2.45) is 0 Å². The minimum atomic E-state index is -0.423. The van der Waals surface area contributed by atoms with Crippen LogP contribution in [0.4, 0.5) is 4.39 Å². The molecule has 0 saturated carbocycles. The van der Waals surface area contributed by atoms with Gasteiger partial charge < -0.3 is 14.5 Å². The summed E-state index contributed by atoms with van der Waals surface area (Å²) in [6.07, 6.45) is 1.93. The molecular formula is C23H29FN2O3S. The average molecular weight is 433 g/mol. The van der Waals surface area contributed by atoms with E-state index < -0.39 is 5.82 Å². The maximum absolute atomic E-state index is 14.0. The Bertz CT molecular complexity index is 885. The van der Waals surface area contributed by atoms with Crippen LogP contribution in [-0.2, 0) is 16.0 Å². The average Bonchev–Trinajstić information content (AvgIpc) is 3.24. The number of hydrogen-bond donors (Lipinski definition) is 0. The van der Waals surface area contributed by atoms with Gasteiger partial charge in [-0.05, 0) is 48.9 Å². The SMILES string of the molecule is CCC(=O)N(CC(=O)N1CCc2sccc2C1COc1ccccc1F)C(C)CC. The van der Waals surface area contributed by atoms with Gasteiger partial charge >= 0.3 is 0 Å². The number of rotatable bonds is 8. The Morgan fingerprint density at radius 2 is 2.07 bits per heavy atom. The van der Waals surface area contributed by atoms with E-state index in [1.54, 1.807) is 39.3 Å². The van der Waals surface area contributed by atoms with Gasteiger partial charge in [0.1, 0.15) is 13.2 Å². The number of carbonyl (C=O) groups is 2. The van der Waals surface area contributed by atoms with E-state index in [0.717, 1.165) is 18.4 Å². The van der Waals surface area contributed by atoms with Crippen LogP contribution in [0.25, 0.3) is 0 Å². The van der Waals surface area contributed by atoms with Crippen molar-refractivity contribution in [1.82, 2.24) is 9.80 Å². The third kappa shape index (κ3) is 4.83. The van der Waals surface area contributed by atoms with Crippen molar-refractivity contribution in [1.29, 1.82) is 0 Å². The monoisotopic (exact) mass is 432 g/mol. The summed E-state index contributed by atoms with van der Waals surface area (Å²) in [5, 5.41) is 2.01. The van der Waals surface area contributed by atoms with E-state index in [4.69, 9.17) is 4.74 Å². The molecule has 0 spiro atoms. The van der Waals surface area contributed by atoms with Gasteiger partial charge in [-0.3, -0.25) is 9.59 Å². The van der Waals surface area contributed by atoms with Crippen molar-refractivity contribution in [3.63, 3.8) is 0 Å². The smallest absolute Gasteiger partial charge is 0.242 e. The van der Waals surface area contributed by atoms with Gasteiger partial charge in [-0.2, -0.15) is 0 Å². The lowest BCUT2D eigenvalue weighted by Crippen LogP contribution is -2.49. The zero-order valence-electron chi connectivity index (χ0n) is 17.8. The number of thiophene rings is 1. The molecule has 2 unspecified atom stereocenters. The molecule has 2 atom stereocenters. The van der Waals surface area contributed by atoms with Crippen LogP contribution in [0.5, 0.6) is 5.75 Å². The van der Waals surface area contributed by atoms with E-state index in [1.165, 1.54) is 10.9 Å². The van der Waals surface area contributed by atoms with E-state index in [0.29, 0.717) is 13.0 Å². The van der Waals surface area contributed by atoms with Crippen molar-refractivity contribution < 1.29 is 18.7 Å². The molecule has 5 nitrogen and oxygen atoms in total. The van der Waals surface area contributed by atoms with Crippen LogP contribution in [0.3, 0.4) is 0 Å². The van der Waals surface area contributed by atoms with Crippen molar-refractivity contribution in [3.8, 4) is 5.75 Å². The van der Waals surface area contributed by atoms with Crippen LogP contribution in [0.1, 0.15) is 50.1 Å². The molecule has 0 N–H and O–H groups in total. The molecule has 1 aliphatic rings. The van der Waals surface area contributed by atoms with Gasteiger partial charge in [-0.1, -0.05) is 26.0 Å². The molecule has 162 valence electrons. The molecule has 1 aliphatic heterocycles. The molecule has 2 aromatic rings. The first-order chi connectivity index (χ1) is 14.5. The van der Waals surface area contributed by atoms with Crippen LogP contribution in [0.2, 0.25) is 0 Å². The predicted octanol–water partition coefficient (Wildman–Crippen LogP) is 4.43. The highest BCUT2D eigenvalue weighted by molar-refractivity contribution is 7.10. The Morgan fingerprint density at radius 1 is 1.30 bits per heavy atom. The maximum atomic E-state index is 14.0. The molecular weight excluding hydrogens is 403 g/mol. The second kappa shape index (κ2) is 10.1. The quantitative estimate of drug-likeness (QED) is 0.620. The standard InChI is InChI=1S/C23H29FN2O3S/c1-4-16(3)26(22(27)5-2)14-23(28)25-12-10-21-17(11-13-30-21)19(25)15-29-20-9-7-6-8-18(20)24/h6-9,11,13,16,19H,4-5,10,12,14-15H2,1-3H3. The molecule has 0 bridgehead atoms. The molecule has 7 heteroatoms. The van der Waals surface area contributed by atoms with Crippen molar-refractivity contribution >= 4 is 23.2 Å². The van der Waals surface area contributed by atoms with Gasteiger partial charge in [0.2, 0.25) is 11.8 Å². The Labute approximate surface area is 181 Å². The van der Waals surface area contributed by atoms with Crippen molar-refractivity contribution in [2.45, 2.75) is 52.1 Å². The first-order valence-corrected chi connectivity index (χ1v) is 11.4. The summed E-state index contributed by atoms with van der Waals surface area (Å²) in [4.78, 5) is 30.4. The molecule has 2 amide bonds. The minimum absolute atomic E-state index is 0.00369. The highest BCUT2D eigenvalue weighted by atomic mass is 32.1. The van der Waals surface area contributed by atoms with E-state index in [2.05, 4.69) is 0 Å². The highest BCUT2D eigenvalue weighted by Gasteiger charge is 2.34. The van der Waals surface area contributed by atoms with Crippen LogP contribution in [0.15, 0.2) is 35.7 Å². The summed E-state index contributed by atoms with van der Waals surface area (Å²) in [5.74, 6) is -0.371. The van der Waals surface area contributed by atoms with Gasteiger partial charge in [0, 0.05) is 23.9 Å².